The molecule has 0 aliphatic carbocycles. The fourth-order valence-corrected chi connectivity index (χ4v) is 4.20. The summed E-state index contributed by atoms with van der Waals surface area (Å²) in [5, 5.41) is 0. The van der Waals surface area contributed by atoms with Crippen molar-refractivity contribution in [3.63, 3.8) is 0 Å². The first-order chi connectivity index (χ1) is 10.1. The second kappa shape index (κ2) is 9.30. The first-order valence-corrected chi connectivity index (χ1v) is 9.68. The molecule has 0 fully saturated rings. The van der Waals surface area contributed by atoms with Crippen molar-refractivity contribution in [3.05, 3.63) is 30.1 Å². The first-order valence-electron chi connectivity index (χ1n) is 7.75. The monoisotopic (exact) mass is 312 g/mol. The molecule has 0 aliphatic heterocycles. The van der Waals surface area contributed by atoms with Crippen LogP contribution in [0.15, 0.2) is 24.5 Å². The van der Waals surface area contributed by atoms with E-state index in [9.17, 15) is 0 Å². The predicted molar refractivity (Wildman–Crippen MR) is 86.2 cm³/mol. The van der Waals surface area contributed by atoms with Crippen LogP contribution in [0, 0.1) is 0 Å². The van der Waals surface area contributed by atoms with E-state index in [1.54, 1.807) is 21.3 Å². The number of hydrogen-bond acceptors (Lipinski definition) is 3. The lowest BCUT2D eigenvalue weighted by Crippen LogP contribution is -2.42. The molecule has 0 saturated heterocycles. The number of unbranched alkanes of at least 4 members (excludes halogenated alkanes) is 1. The van der Waals surface area contributed by atoms with Crippen LogP contribution in [-0.2, 0) is 19.8 Å². The summed E-state index contributed by atoms with van der Waals surface area (Å²) in [4.78, 5) is 0. The summed E-state index contributed by atoms with van der Waals surface area (Å²) < 4.78 is 18.6. The number of aromatic nitrogens is 1. The van der Waals surface area contributed by atoms with Crippen LogP contribution in [-0.4, -0.2) is 30.1 Å². The molecule has 1 unspecified atom stereocenters. The van der Waals surface area contributed by atoms with E-state index in [0.717, 1.165) is 25.4 Å². The summed E-state index contributed by atoms with van der Waals surface area (Å²) in [5.74, 6) is 0.619. The van der Waals surface area contributed by atoms with Gasteiger partial charge in [-0.1, -0.05) is 13.8 Å². The van der Waals surface area contributed by atoms with Crippen LogP contribution in [0.25, 0.3) is 0 Å². The van der Waals surface area contributed by atoms with Crippen LogP contribution in [0.3, 0.4) is 0 Å². The molecule has 0 bridgehead atoms. The maximum atomic E-state index is 5.44. The summed E-state index contributed by atoms with van der Waals surface area (Å²) in [5.41, 5.74) is 1.41. The minimum absolute atomic E-state index is 0.619. The molecule has 1 aromatic rings. The second-order valence-corrected chi connectivity index (χ2v) is 8.53. The molecule has 1 atom stereocenters. The van der Waals surface area contributed by atoms with E-state index in [-0.39, 0.29) is 0 Å². The van der Waals surface area contributed by atoms with Gasteiger partial charge in [0.15, 0.2) is 12.4 Å². The molecule has 0 amide bonds. The van der Waals surface area contributed by atoms with Crippen LogP contribution in [0.1, 0.15) is 44.6 Å². The van der Waals surface area contributed by atoms with Crippen molar-refractivity contribution in [1.29, 1.82) is 0 Å². The quantitative estimate of drug-likeness (QED) is 0.378. The summed E-state index contributed by atoms with van der Waals surface area (Å²) in [7, 11) is 2.61. The van der Waals surface area contributed by atoms with Gasteiger partial charge in [0, 0.05) is 45.4 Å². The smallest absolute Gasteiger partial charge is 0.377 e. The standard InChI is InChI=1S/C16H30NO3Si/c1-6-15(2)16-10-9-12-17(14-16)11-7-8-13-21(18-3,19-4)20-5/h9-10,12,14-15H,6-8,11,13H2,1-5H3/q+1. The minimum atomic E-state index is -2.40. The maximum Gasteiger partial charge on any atom is 0.500 e. The van der Waals surface area contributed by atoms with Gasteiger partial charge in [-0.05, 0) is 24.8 Å². The Kier molecular flexibility index (Phi) is 8.10. The Balaban J connectivity index is 2.46. The molecule has 0 spiro atoms. The molecule has 1 aromatic heterocycles. The third-order valence-electron chi connectivity index (χ3n) is 4.14. The number of rotatable bonds is 10. The van der Waals surface area contributed by atoms with Crippen LogP contribution in [0.4, 0.5) is 0 Å². The summed E-state index contributed by atoms with van der Waals surface area (Å²) in [6, 6.07) is 5.21. The van der Waals surface area contributed by atoms with Gasteiger partial charge in [-0.2, -0.15) is 0 Å². The first kappa shape index (κ1) is 18.3. The van der Waals surface area contributed by atoms with Gasteiger partial charge in [-0.25, -0.2) is 4.57 Å². The van der Waals surface area contributed by atoms with Crippen molar-refractivity contribution in [2.75, 3.05) is 21.3 Å². The lowest BCUT2D eigenvalue weighted by atomic mass is 10.0. The molecule has 0 aromatic carbocycles. The van der Waals surface area contributed by atoms with Gasteiger partial charge >= 0.3 is 8.80 Å². The molecule has 0 saturated carbocycles. The van der Waals surface area contributed by atoms with E-state index in [2.05, 4.69) is 42.9 Å². The molecule has 0 aliphatic rings. The average molecular weight is 313 g/mol. The zero-order valence-electron chi connectivity index (χ0n) is 14.1. The van der Waals surface area contributed by atoms with E-state index in [1.807, 2.05) is 0 Å². The number of nitrogens with zero attached hydrogens (tertiary/aromatic N) is 1. The lowest BCUT2D eigenvalue weighted by molar-refractivity contribution is -0.697. The highest BCUT2D eigenvalue weighted by molar-refractivity contribution is 6.60. The molecule has 0 radical (unpaired) electrons. The molecule has 21 heavy (non-hydrogen) atoms. The Morgan fingerprint density at radius 1 is 1.14 bits per heavy atom. The number of hydrogen-bond donors (Lipinski definition) is 0. The van der Waals surface area contributed by atoms with Crippen LogP contribution in [0.5, 0.6) is 0 Å². The summed E-state index contributed by atoms with van der Waals surface area (Å²) >= 11 is 0. The predicted octanol–water partition coefficient (Wildman–Crippen LogP) is 3.15. The molecular weight excluding hydrogens is 282 g/mol. The summed E-state index contributed by atoms with van der Waals surface area (Å²) in [6.45, 7) is 5.52. The highest BCUT2D eigenvalue weighted by atomic mass is 28.4. The van der Waals surface area contributed by atoms with Crippen molar-refractivity contribution < 1.29 is 17.8 Å². The van der Waals surface area contributed by atoms with Crippen LogP contribution in [0.2, 0.25) is 6.04 Å². The van der Waals surface area contributed by atoms with E-state index >= 15 is 0 Å². The van der Waals surface area contributed by atoms with Crippen molar-refractivity contribution in [2.24, 2.45) is 0 Å². The van der Waals surface area contributed by atoms with Gasteiger partial charge in [-0.15, -0.1) is 0 Å². The Morgan fingerprint density at radius 3 is 2.38 bits per heavy atom. The van der Waals surface area contributed by atoms with Gasteiger partial charge in [0.05, 0.1) is 0 Å². The van der Waals surface area contributed by atoms with Gasteiger partial charge in [0.2, 0.25) is 0 Å². The molecule has 0 N–H and O–H groups in total. The fourth-order valence-electron chi connectivity index (χ4n) is 2.40. The third kappa shape index (κ3) is 5.51. The topological polar surface area (TPSA) is 31.6 Å². The Labute approximate surface area is 130 Å². The van der Waals surface area contributed by atoms with E-state index in [0.29, 0.717) is 5.92 Å². The van der Waals surface area contributed by atoms with Crippen LogP contribution >= 0.6 is 0 Å². The number of pyridine rings is 1. The SMILES string of the molecule is CCC(C)c1ccc[n+](CCCC[Si](OC)(OC)OC)c1. The van der Waals surface area contributed by atoms with Crippen molar-refractivity contribution >= 4 is 8.80 Å². The highest BCUT2D eigenvalue weighted by Crippen LogP contribution is 2.17. The Bertz CT molecular complexity index is 402. The van der Waals surface area contributed by atoms with E-state index < -0.39 is 8.80 Å². The molecular formula is C16H30NO3Si+. The summed E-state index contributed by atoms with van der Waals surface area (Å²) in [6.07, 6.45) is 7.72. The Hall–Kier alpha value is -0.753. The zero-order valence-corrected chi connectivity index (χ0v) is 15.1. The fraction of sp³-hybridized carbons (Fsp3) is 0.688. The van der Waals surface area contributed by atoms with Gasteiger partial charge in [-0.3, -0.25) is 0 Å². The minimum Gasteiger partial charge on any atom is -0.377 e. The lowest BCUT2D eigenvalue weighted by Gasteiger charge is -2.23. The van der Waals surface area contributed by atoms with Gasteiger partial charge < -0.3 is 13.3 Å². The Morgan fingerprint density at radius 2 is 1.81 bits per heavy atom. The average Bonchev–Trinajstić information content (AvgIpc) is 2.55. The van der Waals surface area contributed by atoms with Crippen molar-refractivity contribution in [1.82, 2.24) is 0 Å². The van der Waals surface area contributed by atoms with Crippen LogP contribution < -0.4 is 4.57 Å². The van der Waals surface area contributed by atoms with Gasteiger partial charge in [0.25, 0.3) is 0 Å². The third-order valence-corrected chi connectivity index (χ3v) is 6.98. The van der Waals surface area contributed by atoms with E-state index in [1.165, 1.54) is 12.0 Å². The molecule has 120 valence electrons. The molecule has 4 nitrogen and oxygen atoms in total. The normalized spacial score (nSPS) is 13.4. The highest BCUT2D eigenvalue weighted by Gasteiger charge is 2.36. The zero-order chi connectivity index (χ0) is 15.7. The number of aryl methyl sites for hydroxylation is 1. The molecule has 5 heteroatoms. The van der Waals surface area contributed by atoms with Crippen molar-refractivity contribution in [2.45, 2.75) is 51.6 Å². The second-order valence-electron chi connectivity index (χ2n) is 5.44. The molecule has 1 heterocycles. The van der Waals surface area contributed by atoms with Gasteiger partial charge in [0.1, 0.15) is 6.54 Å². The maximum absolute atomic E-state index is 5.44. The van der Waals surface area contributed by atoms with Crippen molar-refractivity contribution in [3.8, 4) is 0 Å². The van der Waals surface area contributed by atoms with E-state index in [4.69, 9.17) is 13.3 Å². The molecule has 1 rings (SSSR count). The largest absolute Gasteiger partial charge is 0.500 e.